The van der Waals surface area contributed by atoms with Crippen LogP contribution >= 0.6 is 11.6 Å². The number of alkyl halides is 5. The van der Waals surface area contributed by atoms with Crippen molar-refractivity contribution in [2.75, 3.05) is 11.5 Å². The summed E-state index contributed by atoms with van der Waals surface area (Å²) in [6.45, 7) is -0.102. The number of pyridine rings is 2. The first kappa shape index (κ1) is 24.9. The lowest BCUT2D eigenvalue weighted by molar-refractivity contribution is -0.196. The fourth-order valence-electron chi connectivity index (χ4n) is 4.97. The van der Waals surface area contributed by atoms with Gasteiger partial charge in [-0.2, -0.15) is 22.0 Å². The molecule has 0 saturated carbocycles. The molecule has 0 N–H and O–H groups in total. The summed E-state index contributed by atoms with van der Waals surface area (Å²) in [4.78, 5) is 21.7. The largest absolute Gasteiger partial charge is 0.446 e. The molecule has 5 rings (SSSR count). The van der Waals surface area contributed by atoms with Crippen molar-refractivity contribution in [1.29, 1.82) is 0 Å². The summed E-state index contributed by atoms with van der Waals surface area (Å²) in [5.41, 5.74) is -2.01. The van der Waals surface area contributed by atoms with Crippen LogP contribution in [0.4, 0.5) is 32.6 Å². The van der Waals surface area contributed by atoms with E-state index in [1.165, 1.54) is 6.20 Å². The Hall–Kier alpha value is -2.77. The number of rotatable bonds is 3. The first-order chi connectivity index (χ1) is 16.9. The van der Waals surface area contributed by atoms with Crippen LogP contribution in [0.5, 0.6) is 5.75 Å². The van der Waals surface area contributed by atoms with Crippen molar-refractivity contribution < 1.29 is 45.7 Å². The van der Waals surface area contributed by atoms with Crippen molar-refractivity contribution in [3.05, 3.63) is 46.4 Å². The lowest BCUT2D eigenvalue weighted by Crippen LogP contribution is -2.52. The summed E-state index contributed by atoms with van der Waals surface area (Å²) in [5.74, 6) is -2.79. The lowest BCUT2D eigenvalue weighted by atomic mass is 9.74. The molecule has 0 radical (unpaired) electrons. The van der Waals surface area contributed by atoms with E-state index in [0.717, 1.165) is 4.90 Å². The van der Waals surface area contributed by atoms with E-state index in [0.29, 0.717) is 23.4 Å². The van der Waals surface area contributed by atoms with Crippen LogP contribution in [0.2, 0.25) is 5.15 Å². The molecule has 0 bridgehead atoms. The van der Waals surface area contributed by atoms with Crippen LogP contribution in [0.3, 0.4) is 0 Å². The van der Waals surface area contributed by atoms with Crippen molar-refractivity contribution in [2.45, 2.75) is 63.0 Å². The molecule has 8 nitrogen and oxygen atoms in total. The van der Waals surface area contributed by atoms with Gasteiger partial charge in [0.15, 0.2) is 17.4 Å². The first-order valence-corrected chi connectivity index (χ1v) is 11.3. The minimum Gasteiger partial charge on any atom is -0.446 e. The predicted molar refractivity (Wildman–Crippen MR) is 113 cm³/mol. The number of ether oxygens (including phenoxy) is 4. The Morgan fingerprint density at radius 3 is 2.53 bits per heavy atom. The van der Waals surface area contributed by atoms with Gasteiger partial charge in [-0.3, -0.25) is 0 Å². The second-order valence-corrected chi connectivity index (χ2v) is 9.12. The SMILES string of the molecule is C[C@H]1OC2(CC[C@@]3(COC(=O)N3c3ncc(C(F)(F)F)cc3OC(F)F)c3ccnc(Cl)c32)O[C@@H]1C. The molecular formula is C22H19ClF5N3O5. The average Bonchev–Trinajstić information content (AvgIpc) is 3.27. The maximum absolute atomic E-state index is 13.3. The van der Waals surface area contributed by atoms with Crippen LogP contribution in [0, 0.1) is 0 Å². The smallest absolute Gasteiger partial charge is 0.418 e. The van der Waals surface area contributed by atoms with E-state index in [9.17, 15) is 26.7 Å². The Balaban J connectivity index is 1.69. The van der Waals surface area contributed by atoms with Gasteiger partial charge in [-0.15, -0.1) is 0 Å². The van der Waals surface area contributed by atoms with Gasteiger partial charge in [0, 0.05) is 18.8 Å². The maximum atomic E-state index is 13.3. The molecule has 1 amide bonds. The molecule has 194 valence electrons. The molecule has 0 unspecified atom stereocenters. The molecule has 14 heteroatoms. The van der Waals surface area contributed by atoms with Gasteiger partial charge in [0.25, 0.3) is 0 Å². The van der Waals surface area contributed by atoms with Crippen molar-refractivity contribution in [2.24, 2.45) is 0 Å². The highest BCUT2D eigenvalue weighted by Gasteiger charge is 2.61. The van der Waals surface area contributed by atoms with Gasteiger partial charge in [0.05, 0.1) is 23.3 Å². The van der Waals surface area contributed by atoms with Crippen LogP contribution in [-0.2, 0) is 31.7 Å². The summed E-state index contributed by atoms with van der Waals surface area (Å²) < 4.78 is 88.2. The normalized spacial score (nSPS) is 27.1. The summed E-state index contributed by atoms with van der Waals surface area (Å²) in [6, 6.07) is 1.92. The number of amides is 1. The fraction of sp³-hybridized carbons (Fsp3) is 0.500. The number of carbonyl (C=O) groups excluding carboxylic acids is 1. The summed E-state index contributed by atoms with van der Waals surface area (Å²) in [7, 11) is 0. The Morgan fingerprint density at radius 2 is 1.89 bits per heavy atom. The van der Waals surface area contributed by atoms with Crippen molar-refractivity contribution in [3.63, 3.8) is 0 Å². The Kier molecular flexibility index (Phi) is 5.80. The summed E-state index contributed by atoms with van der Waals surface area (Å²) in [6.07, 6.45) is -4.42. The second-order valence-electron chi connectivity index (χ2n) is 8.77. The molecule has 2 saturated heterocycles. The van der Waals surface area contributed by atoms with E-state index in [-0.39, 0.29) is 36.8 Å². The van der Waals surface area contributed by atoms with Crippen LogP contribution in [-0.4, -0.2) is 41.5 Å². The molecule has 36 heavy (non-hydrogen) atoms. The maximum Gasteiger partial charge on any atom is 0.418 e. The quantitative estimate of drug-likeness (QED) is 0.386. The van der Waals surface area contributed by atoms with E-state index in [1.54, 1.807) is 6.07 Å². The Morgan fingerprint density at radius 1 is 1.19 bits per heavy atom. The molecule has 4 heterocycles. The van der Waals surface area contributed by atoms with Gasteiger partial charge in [-0.1, -0.05) is 11.6 Å². The minimum atomic E-state index is -4.89. The minimum absolute atomic E-state index is 0.0246. The summed E-state index contributed by atoms with van der Waals surface area (Å²) >= 11 is 6.49. The number of cyclic esters (lactones) is 1. The van der Waals surface area contributed by atoms with Gasteiger partial charge in [0.2, 0.25) is 0 Å². The molecule has 2 aromatic rings. The third-order valence-corrected chi connectivity index (χ3v) is 6.99. The number of hydrogen-bond donors (Lipinski definition) is 0. The second kappa shape index (κ2) is 8.38. The van der Waals surface area contributed by atoms with Crippen LogP contribution < -0.4 is 9.64 Å². The molecular weight excluding hydrogens is 517 g/mol. The predicted octanol–water partition coefficient (Wildman–Crippen LogP) is 5.37. The van der Waals surface area contributed by atoms with E-state index in [2.05, 4.69) is 14.7 Å². The monoisotopic (exact) mass is 535 g/mol. The zero-order valence-electron chi connectivity index (χ0n) is 18.8. The highest BCUT2D eigenvalue weighted by atomic mass is 35.5. The number of hydrogen-bond acceptors (Lipinski definition) is 7. The number of halogens is 6. The van der Waals surface area contributed by atoms with Gasteiger partial charge in [0.1, 0.15) is 17.3 Å². The molecule has 2 spiro atoms. The van der Waals surface area contributed by atoms with Gasteiger partial charge >= 0.3 is 18.9 Å². The number of fused-ring (bicyclic) bond motifs is 3. The number of anilines is 1. The number of nitrogens with zero attached hydrogens (tertiary/aromatic N) is 3. The molecule has 2 fully saturated rings. The van der Waals surface area contributed by atoms with E-state index in [1.807, 2.05) is 13.8 Å². The highest BCUT2D eigenvalue weighted by Crippen LogP contribution is 2.57. The van der Waals surface area contributed by atoms with E-state index >= 15 is 0 Å². The Bertz CT molecular complexity index is 1210. The molecule has 0 aromatic carbocycles. The van der Waals surface area contributed by atoms with Crippen molar-refractivity contribution >= 4 is 23.5 Å². The third-order valence-electron chi connectivity index (χ3n) is 6.70. The van der Waals surface area contributed by atoms with Crippen molar-refractivity contribution in [3.8, 4) is 5.75 Å². The van der Waals surface area contributed by atoms with Crippen molar-refractivity contribution in [1.82, 2.24) is 9.97 Å². The topological polar surface area (TPSA) is 83.0 Å². The fourth-order valence-corrected chi connectivity index (χ4v) is 5.27. The summed E-state index contributed by atoms with van der Waals surface area (Å²) in [5, 5.41) is 0.0246. The number of carbonyl (C=O) groups is 1. The van der Waals surface area contributed by atoms with Gasteiger partial charge < -0.3 is 18.9 Å². The molecule has 2 aromatic heterocycles. The molecule has 1 aliphatic carbocycles. The average molecular weight is 536 g/mol. The molecule has 3 atom stereocenters. The first-order valence-electron chi connectivity index (χ1n) is 10.9. The number of aromatic nitrogens is 2. The molecule has 2 aliphatic heterocycles. The zero-order chi connectivity index (χ0) is 26.0. The molecule has 3 aliphatic rings. The van der Waals surface area contributed by atoms with Crippen LogP contribution in [0.15, 0.2) is 24.5 Å². The van der Waals surface area contributed by atoms with E-state index < -0.39 is 47.3 Å². The third kappa shape index (κ3) is 3.75. The van der Waals surface area contributed by atoms with Gasteiger partial charge in [-0.25, -0.2) is 19.7 Å². The van der Waals surface area contributed by atoms with E-state index in [4.69, 9.17) is 25.8 Å². The lowest BCUT2D eigenvalue weighted by Gasteiger charge is -2.45. The zero-order valence-corrected chi connectivity index (χ0v) is 19.6. The highest BCUT2D eigenvalue weighted by molar-refractivity contribution is 6.30. The standard InChI is InChI=1S/C22H19ClF5N3O5/c1-10-11(2)36-21(35-10)5-4-20(13-3-6-29-16(23)15(13)21)9-33-19(32)31(20)17-14(34-18(24)25)7-12(8-30-17)22(26,27)28/h3,6-8,10-11,18H,4-5,9H2,1-2H3/t10-,11-,20-/m1/s1. The van der Waals surface area contributed by atoms with Crippen LogP contribution in [0.25, 0.3) is 0 Å². The Labute approximate surface area is 206 Å². The van der Waals surface area contributed by atoms with Gasteiger partial charge in [-0.05, 0) is 38.0 Å². The van der Waals surface area contributed by atoms with Crippen LogP contribution in [0.1, 0.15) is 43.4 Å².